The average Bonchev–Trinajstić information content (AvgIpc) is 1.70. The molecule has 6 saturated heterocycles. The summed E-state index contributed by atoms with van der Waals surface area (Å²) in [6, 6.07) is 38.0. The van der Waals surface area contributed by atoms with Gasteiger partial charge in [0.2, 0.25) is 17.7 Å². The monoisotopic (exact) mass is 2150 g/mol. The smallest absolute Gasteiger partial charge is 0.401 e. The lowest BCUT2D eigenvalue weighted by Gasteiger charge is -2.38. The highest BCUT2D eigenvalue weighted by atomic mass is 35.5. The number of hydrogen-bond acceptors (Lipinski definition) is 22. The quantitative estimate of drug-likeness (QED) is 0.0213. The number of carboxylic acids is 3. The third kappa shape index (κ3) is 29.5. The normalized spacial score (nSPS) is 23.7. The maximum atomic E-state index is 13.9. The van der Waals surface area contributed by atoms with E-state index in [-0.39, 0.29) is 127 Å². The second-order valence-electron chi connectivity index (χ2n) is 40.7. The molecule has 9 aromatic rings. The molecule has 6 aliphatic heterocycles. The van der Waals surface area contributed by atoms with Crippen molar-refractivity contribution < 1.29 is 122 Å². The number of carbonyl (C=O) groups excluding carboxylic acids is 6. The molecule has 150 heavy (non-hydrogen) atoms. The summed E-state index contributed by atoms with van der Waals surface area (Å²) in [4.78, 5) is 132. The Morgan fingerprint density at radius 1 is 0.387 bits per heavy atom. The SMILES string of the molecule is COc1cc(CC(=O)N2C[C@@H](N3CCN(CC(F)(F)F)CC3)C[C@H]2COC2CCC(C(=O)O)CC2)ccc1NC(=O)c1cn(C)c2ccccc12.COc1cc(CC(=O)N2C[C@@H](N3CCN(CC(F)(F)F)CC3)C[C@H]2COC2CCC(C(=O)O)CC2)ccc1NC(=O)c1csc2ccccc12.O=C(Nc1ccc(CC(=O)N2C[C@@H](N3CCN(CC(F)(F)F)CC3)C[C@H]2COC2CCC(C(=O)O)CC2)cc1Cl)c1csc2ccccc12. The number of ether oxygens (including phenoxy) is 5. The number of para-hydroxylation sites is 1. The molecule has 18 rings (SSSR count). The molecule has 0 unspecified atom stereocenters. The number of hydrogen-bond donors (Lipinski definition) is 6. The number of aliphatic carboxylic acids is 3. The van der Waals surface area contributed by atoms with Crippen LogP contribution in [0.25, 0.3) is 31.1 Å². The maximum Gasteiger partial charge on any atom is 0.401 e. The topological polar surface area (TPSA) is 331 Å². The first kappa shape index (κ1) is 112. The number of benzene rings is 6. The number of nitrogens with zero attached hydrogens (tertiary/aromatic N) is 10. The molecule has 6 N–H and O–H groups in total. The number of likely N-dealkylation sites (tertiary alicyclic amines) is 3. The van der Waals surface area contributed by atoms with Gasteiger partial charge in [-0.1, -0.05) is 84.4 Å². The van der Waals surface area contributed by atoms with Gasteiger partial charge in [-0.15, -0.1) is 22.7 Å². The number of fused-ring (bicyclic) bond motifs is 3. The lowest BCUT2D eigenvalue weighted by Crippen LogP contribution is -2.52. The molecule has 3 aliphatic carbocycles. The van der Waals surface area contributed by atoms with Gasteiger partial charge >= 0.3 is 36.4 Å². The van der Waals surface area contributed by atoms with Gasteiger partial charge in [0, 0.05) is 171 Å². The number of aromatic nitrogens is 1. The molecule has 6 amide bonds. The van der Waals surface area contributed by atoms with E-state index in [1.165, 1.54) is 51.6 Å². The maximum absolute atomic E-state index is 13.9. The number of aryl methyl sites for hydroxylation is 1. The second kappa shape index (κ2) is 50.2. The molecule has 6 atom stereocenters. The van der Waals surface area contributed by atoms with Gasteiger partial charge in [-0.3, -0.25) is 72.6 Å². The summed E-state index contributed by atoms with van der Waals surface area (Å²) in [5, 5.41) is 43.3. The van der Waals surface area contributed by atoms with E-state index < -0.39 is 56.1 Å². The molecule has 9 fully saturated rings. The third-order valence-corrected chi connectivity index (χ3v) is 33.0. The molecule has 0 bridgehead atoms. The zero-order valence-electron chi connectivity index (χ0n) is 84.0. The second-order valence-corrected chi connectivity index (χ2v) is 43.0. The average molecular weight is 2150 g/mol. The molecular weight excluding hydrogens is 2020 g/mol. The van der Waals surface area contributed by atoms with Crippen LogP contribution in [0, 0.1) is 17.8 Å². The van der Waals surface area contributed by atoms with E-state index in [4.69, 9.17) is 35.3 Å². The number of amides is 6. The lowest BCUT2D eigenvalue weighted by atomic mass is 9.87. The minimum atomic E-state index is -4.24. The molecule has 6 aromatic carbocycles. The summed E-state index contributed by atoms with van der Waals surface area (Å²) >= 11 is 9.58. The highest BCUT2D eigenvalue weighted by Crippen LogP contribution is 2.40. The van der Waals surface area contributed by atoms with Crippen molar-refractivity contribution in [3.63, 3.8) is 0 Å². The molecule has 810 valence electrons. The van der Waals surface area contributed by atoms with E-state index in [0.717, 1.165) is 31.1 Å². The van der Waals surface area contributed by atoms with E-state index in [0.29, 0.717) is 281 Å². The number of nitrogens with one attached hydrogen (secondary N) is 3. The van der Waals surface area contributed by atoms with Crippen LogP contribution in [0.5, 0.6) is 11.5 Å². The summed E-state index contributed by atoms with van der Waals surface area (Å²) < 4.78 is 151. The fourth-order valence-corrected chi connectivity index (χ4v) is 24.7. The third-order valence-electron chi connectivity index (χ3n) is 30.7. The zero-order valence-corrected chi connectivity index (χ0v) is 86.4. The van der Waals surface area contributed by atoms with Gasteiger partial charge in [0.15, 0.2) is 0 Å². The molecular formula is C108H129ClF9N13O17S2. The highest BCUT2D eigenvalue weighted by Gasteiger charge is 2.47. The van der Waals surface area contributed by atoms with E-state index >= 15 is 0 Å². The number of halogens is 10. The van der Waals surface area contributed by atoms with Crippen LogP contribution >= 0.6 is 34.3 Å². The van der Waals surface area contributed by atoms with Gasteiger partial charge < -0.3 is 74.2 Å². The number of carboxylic acid groups (broad SMARTS) is 3. The van der Waals surface area contributed by atoms with E-state index in [1.807, 2.05) is 110 Å². The summed E-state index contributed by atoms with van der Waals surface area (Å²) in [6.45, 7) is 4.23. The van der Waals surface area contributed by atoms with Crippen molar-refractivity contribution in [2.24, 2.45) is 24.8 Å². The van der Waals surface area contributed by atoms with Crippen molar-refractivity contribution >= 4 is 136 Å². The van der Waals surface area contributed by atoms with Gasteiger partial charge in [-0.2, -0.15) is 39.5 Å². The Labute approximate surface area is 876 Å². The molecule has 0 spiro atoms. The number of thiophene rings is 2. The van der Waals surface area contributed by atoms with Gasteiger partial charge in [0.25, 0.3) is 17.7 Å². The lowest BCUT2D eigenvalue weighted by molar-refractivity contribution is -0.150. The predicted molar refractivity (Wildman–Crippen MR) is 551 cm³/mol. The van der Waals surface area contributed by atoms with Gasteiger partial charge in [0.05, 0.1) is 166 Å². The summed E-state index contributed by atoms with van der Waals surface area (Å²) in [7, 11) is 4.90. The Morgan fingerprint density at radius 2 is 0.693 bits per heavy atom. The first-order valence-electron chi connectivity index (χ1n) is 51.3. The Bertz CT molecular complexity index is 6210. The van der Waals surface area contributed by atoms with E-state index in [2.05, 4.69) is 30.7 Å². The van der Waals surface area contributed by atoms with E-state index in [9.17, 15) is 98.0 Å². The fraction of sp³-hybridized carbons (Fsp3) is 0.528. The van der Waals surface area contributed by atoms with Crippen molar-refractivity contribution in [3.8, 4) is 11.5 Å². The predicted octanol–water partition coefficient (Wildman–Crippen LogP) is 16.5. The van der Waals surface area contributed by atoms with Crippen molar-refractivity contribution in [2.75, 3.05) is 168 Å². The molecule has 0 radical (unpaired) electrons. The van der Waals surface area contributed by atoms with Crippen LogP contribution in [0.15, 0.2) is 144 Å². The minimum absolute atomic E-state index is 0.0105. The Hall–Kier alpha value is -11.1. The van der Waals surface area contributed by atoms with Gasteiger partial charge in [-0.25, -0.2) is 0 Å². The molecule has 3 saturated carbocycles. The van der Waals surface area contributed by atoms with Crippen LogP contribution in [0.3, 0.4) is 0 Å². The Morgan fingerprint density at radius 3 is 1.02 bits per heavy atom. The highest BCUT2D eigenvalue weighted by molar-refractivity contribution is 7.18. The first-order chi connectivity index (χ1) is 71.8. The van der Waals surface area contributed by atoms with Gasteiger partial charge in [-0.05, 0) is 168 Å². The molecule has 3 aromatic heterocycles. The Balaban J connectivity index is 0.000000160. The molecule has 9 heterocycles. The van der Waals surface area contributed by atoms with E-state index in [1.54, 1.807) is 60.8 Å². The fourth-order valence-electron chi connectivity index (χ4n) is 22.5. The largest absolute Gasteiger partial charge is 0.495 e. The standard InChI is InChI=1S/C37H46F3N5O6.C36H43F3N4O6S.C35H40ClF3N4O5S/c1-42-21-30(29-5-3-4-6-32(29)42)35(47)41-31-12-7-24(17-33(31)50-2)18-34(46)45-20-26(44-15-13-43(14-16-44)23-37(38,39)40)19-27(45)22-51-28-10-8-25(9-11-28)36(48)49;1-48-31-16-23(6-11-30(31)40-34(45)29-21-50-32-5-3-2-4-28(29)32)17-33(44)43-19-25(42-14-12-41(13-15-42)22-36(37,38)39)18-26(43)20-49-27-9-7-24(8-10-27)35(46)47;36-29-15-22(5-10-30(29)40-33(45)28-20-49-31-4-2-1-3-27(28)31)16-32(44)43-18-24(42-13-11-41(12-14-42)21-35(37,38)39)17-25(43)19-48-26-8-6-23(7-9-26)34(46)47/h3-7,12,17,21,25-28H,8-11,13-16,18-20,22-23H2,1-2H3,(H,41,47)(H,48,49);2-6,11,16,21,24-27H,7-10,12-15,17-20,22H2,1H3,(H,40,45)(H,46,47);1-5,10,15,20,23-26H,6-9,11-14,16-19,21H2,(H,40,45)(H,46,47)/t25?,26-,27-,28?;24?,25-,26-,27?;23?,24-,25-,26?/m000/s1. The minimum Gasteiger partial charge on any atom is -0.495 e. The number of anilines is 3. The van der Waals surface area contributed by atoms with Crippen LogP contribution in [-0.4, -0.2) is 342 Å². The van der Waals surface area contributed by atoms with Crippen LogP contribution in [0.2, 0.25) is 5.02 Å². The number of alkyl halides is 9. The van der Waals surface area contributed by atoms with Crippen molar-refractivity contribution in [1.29, 1.82) is 0 Å². The zero-order chi connectivity index (χ0) is 106. The number of rotatable bonds is 32. The first-order valence-corrected chi connectivity index (χ1v) is 53.5. The number of piperazine rings is 3. The van der Waals surface area contributed by atoms with Crippen LogP contribution in [0.1, 0.15) is 144 Å². The van der Waals surface area contributed by atoms with Crippen molar-refractivity contribution in [3.05, 3.63) is 183 Å². The summed E-state index contributed by atoms with van der Waals surface area (Å²) in [5.41, 5.74) is 6.09. The summed E-state index contributed by atoms with van der Waals surface area (Å²) in [6.07, 6.45) is -1.81. The molecule has 30 nitrogen and oxygen atoms in total. The Kier molecular flexibility index (Phi) is 37.3. The van der Waals surface area contributed by atoms with Gasteiger partial charge in [0.1, 0.15) is 11.5 Å². The van der Waals surface area contributed by atoms with Crippen LogP contribution in [0.4, 0.5) is 56.6 Å². The molecule has 9 aliphatic rings. The van der Waals surface area contributed by atoms with Crippen molar-refractivity contribution in [2.45, 2.75) is 189 Å². The number of methoxy groups -OCH3 is 2. The van der Waals surface area contributed by atoms with Crippen molar-refractivity contribution in [1.82, 2.24) is 48.7 Å². The summed E-state index contributed by atoms with van der Waals surface area (Å²) in [5.74, 6) is -3.70. The van der Waals surface area contributed by atoms with Crippen LogP contribution < -0.4 is 25.4 Å². The van der Waals surface area contributed by atoms with Crippen LogP contribution in [-0.2, 0) is 69.3 Å². The molecule has 42 heteroatoms. The number of carbonyl (C=O) groups is 9.